The van der Waals surface area contributed by atoms with Gasteiger partial charge in [-0.15, -0.1) is 0 Å². The Morgan fingerprint density at radius 2 is 1.53 bits per heavy atom. The fraction of sp³-hybridized carbons (Fsp3) is 1.00. The summed E-state index contributed by atoms with van der Waals surface area (Å²) in [5, 5.41) is 0. The Bertz CT molecular complexity index is 109. The van der Waals surface area contributed by atoms with E-state index in [-0.39, 0.29) is 0 Å². The summed E-state index contributed by atoms with van der Waals surface area (Å²) in [6.07, 6.45) is 0. The molecule has 0 unspecified atom stereocenters. The maximum absolute atomic E-state index is 4.95. The average molecular weight is 346 g/mol. The van der Waals surface area contributed by atoms with Crippen LogP contribution in [-0.2, 0) is 25.9 Å². The average Bonchev–Trinajstić information content (AvgIpc) is 2.11. The van der Waals surface area contributed by atoms with Gasteiger partial charge in [0.05, 0.1) is 16.5 Å². The Balaban J connectivity index is 0. The fourth-order valence-corrected chi connectivity index (χ4v) is 3.04. The predicted octanol–water partition coefficient (Wildman–Crippen LogP) is 1.95. The second kappa shape index (κ2) is 15.8. The molecule has 7 heteroatoms. The van der Waals surface area contributed by atoms with Gasteiger partial charge >= 0.3 is 34.5 Å². The van der Waals surface area contributed by atoms with E-state index in [1.165, 1.54) is 35.4 Å². The monoisotopic (exact) mass is 343 g/mol. The van der Waals surface area contributed by atoms with E-state index >= 15 is 0 Å². The summed E-state index contributed by atoms with van der Waals surface area (Å²) in [6.45, 7) is 2.40. The molecule has 0 saturated heterocycles. The van der Waals surface area contributed by atoms with Gasteiger partial charge in [-0.25, -0.2) is 0 Å². The van der Waals surface area contributed by atoms with Crippen molar-refractivity contribution >= 4 is 41.0 Å². The SMILES string of the molecule is CN(C)CCS[SH+]CCN(C)C.[Cl][Zn][Cl]. The first-order valence-electron chi connectivity index (χ1n) is 4.74. The Morgan fingerprint density at radius 1 is 1.07 bits per heavy atom. The topological polar surface area (TPSA) is 6.48 Å². The molecule has 0 spiro atoms. The van der Waals surface area contributed by atoms with E-state index in [4.69, 9.17) is 19.4 Å². The van der Waals surface area contributed by atoms with Crippen molar-refractivity contribution in [1.82, 2.24) is 9.80 Å². The van der Waals surface area contributed by atoms with Crippen molar-refractivity contribution in [2.24, 2.45) is 0 Å². The molecular weight excluding hydrogens is 325 g/mol. The van der Waals surface area contributed by atoms with E-state index in [9.17, 15) is 0 Å². The van der Waals surface area contributed by atoms with Gasteiger partial charge in [0.2, 0.25) is 0 Å². The Kier molecular flexibility index (Phi) is 20.2. The van der Waals surface area contributed by atoms with Gasteiger partial charge in [0, 0.05) is 23.9 Å². The number of hydrogen-bond donors (Lipinski definition) is 0. The number of hydrogen-bond acceptors (Lipinski definition) is 3. The van der Waals surface area contributed by atoms with Gasteiger partial charge in [0.15, 0.2) is 0 Å². The molecule has 90 valence electrons. The molecule has 0 bridgehead atoms. The van der Waals surface area contributed by atoms with Crippen molar-refractivity contribution < 1.29 is 15.1 Å². The van der Waals surface area contributed by atoms with Crippen molar-refractivity contribution in [2.75, 3.05) is 52.8 Å². The zero-order chi connectivity index (χ0) is 12.1. The summed E-state index contributed by atoms with van der Waals surface area (Å²) in [7, 11) is 21.9. The third kappa shape index (κ3) is 25.8. The van der Waals surface area contributed by atoms with E-state index in [2.05, 4.69) is 38.0 Å². The van der Waals surface area contributed by atoms with Crippen LogP contribution in [0.15, 0.2) is 0 Å². The number of halogens is 2. The van der Waals surface area contributed by atoms with Gasteiger partial charge in [-0.3, -0.25) is 0 Å². The van der Waals surface area contributed by atoms with E-state index in [1.54, 1.807) is 0 Å². The molecule has 0 heterocycles. The van der Waals surface area contributed by atoms with E-state index in [0.717, 1.165) is 0 Å². The fourth-order valence-electron chi connectivity index (χ4n) is 0.593. The Morgan fingerprint density at radius 3 is 1.93 bits per heavy atom. The van der Waals surface area contributed by atoms with Crippen LogP contribution in [0.2, 0.25) is 0 Å². The van der Waals surface area contributed by atoms with Gasteiger partial charge in [0.25, 0.3) is 0 Å². The number of rotatable bonds is 7. The molecular formula is C8H21Cl2N2S2Zn+. The van der Waals surface area contributed by atoms with E-state index in [0.29, 0.717) is 0 Å². The molecule has 0 atom stereocenters. The zero-order valence-corrected chi connectivity index (χ0v) is 16.2. The molecule has 0 N–H and O–H groups in total. The number of thiol groups is 1. The van der Waals surface area contributed by atoms with Crippen molar-refractivity contribution in [2.45, 2.75) is 0 Å². The van der Waals surface area contributed by atoms with Crippen LogP contribution in [0.1, 0.15) is 0 Å². The molecule has 0 aliphatic carbocycles. The molecule has 0 rings (SSSR count). The molecule has 2 nitrogen and oxygen atoms in total. The first-order chi connectivity index (χ1) is 7.04. The van der Waals surface area contributed by atoms with Crippen LogP contribution in [0.4, 0.5) is 0 Å². The third-order valence-electron chi connectivity index (χ3n) is 1.36. The van der Waals surface area contributed by atoms with E-state index < -0.39 is 15.1 Å². The summed E-state index contributed by atoms with van der Waals surface area (Å²) >= 11 is -0.931. The maximum atomic E-state index is 4.95. The molecule has 0 aliphatic heterocycles. The van der Waals surface area contributed by atoms with Crippen LogP contribution in [0.25, 0.3) is 0 Å². The van der Waals surface area contributed by atoms with Crippen molar-refractivity contribution in [3.05, 3.63) is 0 Å². The summed E-state index contributed by atoms with van der Waals surface area (Å²) < 4.78 is 0. The van der Waals surface area contributed by atoms with Crippen LogP contribution in [0.5, 0.6) is 0 Å². The van der Waals surface area contributed by atoms with E-state index in [1.807, 2.05) is 10.8 Å². The quantitative estimate of drug-likeness (QED) is 0.229. The molecule has 15 heavy (non-hydrogen) atoms. The molecule has 0 aromatic carbocycles. The Hall–Kier alpha value is 1.82. The van der Waals surface area contributed by atoms with Crippen molar-refractivity contribution in [1.29, 1.82) is 0 Å². The third-order valence-corrected chi connectivity index (χ3v) is 3.93. The minimum absolute atomic E-state index is 0.931. The van der Waals surface area contributed by atoms with Crippen molar-refractivity contribution in [3.63, 3.8) is 0 Å². The summed E-state index contributed by atoms with van der Waals surface area (Å²) in [4.78, 5) is 4.47. The molecule has 0 radical (unpaired) electrons. The standard InChI is InChI=1S/C8H20N2S2.2ClH.Zn/c1-9(2)5-7-11-12-8-6-10(3)4;;;/h5-8H2,1-4H3;2*1H;/q;;;+2/p-1. The van der Waals surface area contributed by atoms with Gasteiger partial charge in [0.1, 0.15) is 5.75 Å². The predicted molar refractivity (Wildman–Crippen MR) is 74.9 cm³/mol. The second-order valence-corrected chi connectivity index (χ2v) is 10.9. The molecule has 0 aliphatic rings. The summed E-state index contributed by atoms with van der Waals surface area (Å²) in [6, 6.07) is 0. The number of nitrogens with zero attached hydrogens (tertiary/aromatic N) is 2. The van der Waals surface area contributed by atoms with Gasteiger partial charge in [-0.1, -0.05) is 0 Å². The second-order valence-electron chi connectivity index (χ2n) is 3.39. The first-order valence-corrected chi connectivity index (χ1v) is 15.2. The zero-order valence-electron chi connectivity index (χ0n) is 10.0. The van der Waals surface area contributed by atoms with Crippen LogP contribution in [0.3, 0.4) is 0 Å². The summed E-state index contributed by atoms with van der Waals surface area (Å²) in [5.74, 6) is 2.53. The molecule has 0 aromatic heterocycles. The minimum atomic E-state index is -0.931. The van der Waals surface area contributed by atoms with Crippen LogP contribution < -0.4 is 0 Å². The van der Waals surface area contributed by atoms with Crippen LogP contribution in [-0.4, -0.2) is 62.6 Å². The molecule has 0 fully saturated rings. The first kappa shape index (κ1) is 19.2. The van der Waals surface area contributed by atoms with Crippen LogP contribution in [0, 0.1) is 0 Å². The molecule has 0 saturated carbocycles. The molecule has 0 amide bonds. The van der Waals surface area contributed by atoms with Crippen LogP contribution >= 0.6 is 30.2 Å². The normalized spacial score (nSPS) is 9.87. The van der Waals surface area contributed by atoms with Gasteiger partial charge in [-0.2, -0.15) is 0 Å². The van der Waals surface area contributed by atoms with Gasteiger partial charge in [-0.05, 0) is 28.2 Å². The van der Waals surface area contributed by atoms with Gasteiger partial charge < -0.3 is 9.80 Å². The summed E-state index contributed by atoms with van der Waals surface area (Å²) in [5.41, 5.74) is 0. The molecule has 0 aromatic rings. The Labute approximate surface area is 118 Å². The van der Waals surface area contributed by atoms with Crippen molar-refractivity contribution in [3.8, 4) is 0 Å².